The Morgan fingerprint density at radius 1 is 0.737 bits per heavy atom. The van der Waals surface area contributed by atoms with Crippen LogP contribution in [0.15, 0.2) is 70.5 Å². The lowest BCUT2D eigenvalue weighted by atomic mass is 9.90. The minimum atomic E-state index is -0.133. The van der Waals surface area contributed by atoms with E-state index in [0.717, 1.165) is 43.5 Å². The Kier molecular flexibility index (Phi) is 3.87. The maximum atomic E-state index is 14.0. The molecule has 0 atom stereocenters. The van der Waals surface area contributed by atoms with E-state index >= 15 is 0 Å². The molecule has 8 rings (SSSR count). The molecule has 2 aromatic heterocycles. The third-order valence-electron chi connectivity index (χ3n) is 8.32. The zero-order valence-corrected chi connectivity index (χ0v) is 21.4. The van der Waals surface area contributed by atoms with Crippen LogP contribution in [0.3, 0.4) is 0 Å². The first-order valence-electron chi connectivity index (χ1n) is 12.6. The minimum Gasteiger partial charge on any atom is -0.296 e. The van der Waals surface area contributed by atoms with Crippen molar-refractivity contribution in [2.24, 2.45) is 4.99 Å². The van der Waals surface area contributed by atoms with Crippen LogP contribution in [0.5, 0.6) is 0 Å². The molecule has 5 aromatic carbocycles. The van der Waals surface area contributed by atoms with E-state index in [9.17, 15) is 9.59 Å². The van der Waals surface area contributed by atoms with Crippen molar-refractivity contribution in [1.82, 2.24) is 14.3 Å². The molecule has 7 aromatic rings. The van der Waals surface area contributed by atoms with E-state index in [1.54, 1.807) is 35.5 Å². The summed E-state index contributed by atoms with van der Waals surface area (Å²) in [5.74, 6) is 0.471. The van der Waals surface area contributed by atoms with Gasteiger partial charge in [0.05, 0.1) is 11.0 Å². The smallest absolute Gasteiger partial charge is 0.264 e. The molecule has 0 radical (unpaired) electrons. The van der Waals surface area contributed by atoms with Crippen LogP contribution in [0, 0.1) is 13.8 Å². The van der Waals surface area contributed by atoms with Gasteiger partial charge in [-0.2, -0.15) is 0 Å². The van der Waals surface area contributed by atoms with Crippen molar-refractivity contribution in [2.75, 3.05) is 14.1 Å². The number of fused-ring (bicyclic) bond motifs is 6. The zero-order valence-electron chi connectivity index (χ0n) is 21.4. The Hall–Kier alpha value is -4.84. The van der Waals surface area contributed by atoms with Gasteiger partial charge in [0.1, 0.15) is 11.5 Å². The molecule has 6 heteroatoms. The van der Waals surface area contributed by atoms with Crippen LogP contribution in [0.25, 0.3) is 59.8 Å². The van der Waals surface area contributed by atoms with Gasteiger partial charge in [0.2, 0.25) is 0 Å². The van der Waals surface area contributed by atoms with Gasteiger partial charge < -0.3 is 0 Å². The predicted octanol–water partition coefficient (Wildman–Crippen LogP) is 5.98. The van der Waals surface area contributed by atoms with Crippen molar-refractivity contribution in [1.29, 1.82) is 0 Å². The molecule has 0 bridgehead atoms. The summed E-state index contributed by atoms with van der Waals surface area (Å²) in [7, 11) is 3.41. The second kappa shape index (κ2) is 6.92. The fourth-order valence-electron chi connectivity index (χ4n) is 6.31. The molecule has 0 unspecified atom stereocenters. The lowest BCUT2D eigenvalue weighted by Crippen LogP contribution is -2.37. The summed E-state index contributed by atoms with van der Waals surface area (Å²) in [6.07, 6.45) is 0. The molecule has 0 spiro atoms. The summed E-state index contributed by atoms with van der Waals surface area (Å²) >= 11 is 0. The fraction of sp³-hybridized carbons (Fsp3) is 0.125. The van der Waals surface area contributed by atoms with Crippen LogP contribution in [-0.2, 0) is 0 Å². The largest absolute Gasteiger partial charge is 0.296 e. The number of aryl methyl sites for hydroxylation is 2. The number of hydrogen-bond donors (Lipinski definition) is 0. The maximum Gasteiger partial charge on any atom is 0.264 e. The molecule has 1 amide bonds. The van der Waals surface area contributed by atoms with Crippen LogP contribution in [0.2, 0.25) is 0 Å². The summed E-state index contributed by atoms with van der Waals surface area (Å²) in [5, 5.41) is 7.50. The van der Waals surface area contributed by atoms with E-state index in [4.69, 9.17) is 4.98 Å². The molecule has 3 heterocycles. The molecule has 6 nitrogen and oxygen atoms in total. The van der Waals surface area contributed by atoms with Gasteiger partial charge in [0, 0.05) is 46.8 Å². The molecular weight excluding hydrogens is 472 g/mol. The summed E-state index contributed by atoms with van der Waals surface area (Å²) in [6, 6.07) is 20.5. The number of amidine groups is 1. The van der Waals surface area contributed by atoms with Gasteiger partial charge in [-0.15, -0.1) is 0 Å². The highest BCUT2D eigenvalue weighted by atomic mass is 16.2. The molecule has 38 heavy (non-hydrogen) atoms. The topological polar surface area (TPSA) is 67.0 Å². The van der Waals surface area contributed by atoms with Gasteiger partial charge >= 0.3 is 0 Å². The summed E-state index contributed by atoms with van der Waals surface area (Å²) in [4.78, 5) is 38.1. The number of carbonyl (C=O) groups is 1. The lowest BCUT2D eigenvalue weighted by Gasteiger charge is -2.27. The van der Waals surface area contributed by atoms with Gasteiger partial charge in [-0.25, -0.2) is 4.98 Å². The monoisotopic (exact) mass is 494 g/mol. The quantitative estimate of drug-likeness (QED) is 0.244. The maximum absolute atomic E-state index is 14.0. The fourth-order valence-corrected chi connectivity index (χ4v) is 6.31. The number of aromatic nitrogens is 2. The van der Waals surface area contributed by atoms with E-state index < -0.39 is 0 Å². The molecule has 0 saturated heterocycles. The average molecular weight is 495 g/mol. The van der Waals surface area contributed by atoms with Gasteiger partial charge in [-0.1, -0.05) is 12.1 Å². The summed E-state index contributed by atoms with van der Waals surface area (Å²) < 4.78 is 1.73. The molecule has 1 aliphatic rings. The van der Waals surface area contributed by atoms with Crippen LogP contribution < -0.4 is 5.56 Å². The third-order valence-corrected chi connectivity index (χ3v) is 8.32. The molecule has 1 aliphatic heterocycles. The Balaban J connectivity index is 1.54. The number of hydrogen-bond acceptors (Lipinski definition) is 4. The molecule has 182 valence electrons. The second-order valence-electron chi connectivity index (χ2n) is 10.4. The lowest BCUT2D eigenvalue weighted by molar-refractivity contribution is 0.0870. The van der Waals surface area contributed by atoms with Crippen molar-refractivity contribution < 1.29 is 4.79 Å². The van der Waals surface area contributed by atoms with E-state index in [-0.39, 0.29) is 11.5 Å². The van der Waals surface area contributed by atoms with Crippen molar-refractivity contribution in [3.05, 3.63) is 93.3 Å². The Bertz CT molecular complexity index is 2330. The molecule has 0 aliphatic carbocycles. The van der Waals surface area contributed by atoms with Crippen LogP contribution in [0.4, 0.5) is 0 Å². The van der Waals surface area contributed by atoms with Gasteiger partial charge in [0.15, 0.2) is 0 Å². The van der Waals surface area contributed by atoms with E-state index in [2.05, 4.69) is 55.2 Å². The number of aliphatic imine (C=N–C) groups is 1. The first kappa shape index (κ1) is 21.3. The van der Waals surface area contributed by atoms with Crippen LogP contribution in [0.1, 0.15) is 27.0 Å². The highest BCUT2D eigenvalue weighted by molar-refractivity contribution is 6.32. The number of carbonyl (C=O) groups excluding carboxylic acids is 1. The number of rotatable bonds is 0. The normalized spacial score (nSPS) is 15.0. The predicted molar refractivity (Wildman–Crippen MR) is 154 cm³/mol. The van der Waals surface area contributed by atoms with Crippen LogP contribution in [-0.4, -0.2) is 40.1 Å². The summed E-state index contributed by atoms with van der Waals surface area (Å²) in [6.45, 7) is 4.26. The Morgan fingerprint density at radius 3 is 2.08 bits per heavy atom. The van der Waals surface area contributed by atoms with Crippen molar-refractivity contribution >= 4 is 71.5 Å². The first-order valence-corrected chi connectivity index (χ1v) is 12.6. The third kappa shape index (κ3) is 2.47. The molecule has 0 fully saturated rings. The number of nitrogens with zero attached hydrogens (tertiary/aromatic N) is 4. The minimum absolute atomic E-state index is 0.128. The van der Waals surface area contributed by atoms with E-state index in [1.165, 1.54) is 21.9 Å². The standard InChI is InChI=1S/C32H22N4O2/c1-15-9-17-11-19-13-25-26(14-20(19)12-18(17)10-16(15)2)36-30(34-25)22-6-5-21-27-23(31(37)35(4)29(21)33-3)7-8-24(28(22)27)32(36)38/h5-14H,1-4H3. The van der Waals surface area contributed by atoms with E-state index in [0.29, 0.717) is 22.4 Å². The van der Waals surface area contributed by atoms with Crippen LogP contribution >= 0.6 is 0 Å². The average Bonchev–Trinajstić information content (AvgIpc) is 3.28. The highest BCUT2D eigenvalue weighted by Crippen LogP contribution is 2.38. The highest BCUT2D eigenvalue weighted by Gasteiger charge is 2.31. The number of imidazole rings is 1. The Morgan fingerprint density at radius 2 is 1.37 bits per heavy atom. The summed E-state index contributed by atoms with van der Waals surface area (Å²) in [5.41, 5.74) is 5.98. The SMILES string of the molecule is CN=C1c2ccc3c4c2c(ccc4c(=O)n2c4cc5cc6cc(C)c(C)cc6cc5cc4nc32)C(=O)N1C. The van der Waals surface area contributed by atoms with Crippen molar-refractivity contribution in [3.8, 4) is 0 Å². The number of amides is 1. The molecular formula is C32H22N4O2. The van der Waals surface area contributed by atoms with Crippen molar-refractivity contribution in [2.45, 2.75) is 13.8 Å². The van der Waals surface area contributed by atoms with Gasteiger partial charge in [-0.3, -0.25) is 23.9 Å². The number of benzene rings is 5. The Labute approximate surface area is 216 Å². The number of pyridine rings is 1. The van der Waals surface area contributed by atoms with Crippen molar-refractivity contribution in [3.63, 3.8) is 0 Å². The molecule has 0 N–H and O–H groups in total. The van der Waals surface area contributed by atoms with Gasteiger partial charge in [-0.05, 0) is 95.1 Å². The van der Waals surface area contributed by atoms with E-state index in [1.807, 2.05) is 12.1 Å². The second-order valence-corrected chi connectivity index (χ2v) is 10.4. The van der Waals surface area contributed by atoms with Gasteiger partial charge in [0.25, 0.3) is 11.5 Å². The molecule has 0 saturated carbocycles. The first-order chi connectivity index (χ1) is 18.4. The zero-order chi connectivity index (χ0) is 26.0.